The number of methoxy groups -OCH3 is 1. The summed E-state index contributed by atoms with van der Waals surface area (Å²) in [6.07, 6.45) is 0. The van der Waals surface area contributed by atoms with Crippen LogP contribution in [-0.2, 0) is 0 Å². The molecule has 2 nitrogen and oxygen atoms in total. The highest BCUT2D eigenvalue weighted by molar-refractivity contribution is 14.1. The van der Waals surface area contributed by atoms with Crippen molar-refractivity contribution in [1.29, 1.82) is 0 Å². The Balaban J connectivity index is 3.24. The average molecular weight is 284 g/mol. The van der Waals surface area contributed by atoms with Gasteiger partial charge in [-0.05, 0) is 34.7 Å². The van der Waals surface area contributed by atoms with E-state index in [1.165, 1.54) is 7.11 Å². The van der Waals surface area contributed by atoms with Crippen molar-refractivity contribution in [2.24, 2.45) is 0 Å². The summed E-state index contributed by atoms with van der Waals surface area (Å²) in [7, 11) is 1.49. The van der Waals surface area contributed by atoms with Gasteiger partial charge in [0.2, 0.25) is 0 Å². The fourth-order valence-electron chi connectivity index (χ4n) is 0.698. The van der Waals surface area contributed by atoms with Gasteiger partial charge in [-0.1, -0.05) is 11.6 Å². The number of phenols is 1. The van der Waals surface area contributed by atoms with E-state index in [0.29, 0.717) is 10.8 Å². The molecule has 60 valence electrons. The number of aromatic hydroxyl groups is 1. The van der Waals surface area contributed by atoms with Gasteiger partial charge in [-0.15, -0.1) is 0 Å². The van der Waals surface area contributed by atoms with Crippen LogP contribution in [0.5, 0.6) is 11.5 Å². The molecule has 0 saturated carbocycles. The molecule has 0 heterocycles. The van der Waals surface area contributed by atoms with E-state index >= 15 is 0 Å². The summed E-state index contributed by atoms with van der Waals surface area (Å²) in [6.45, 7) is 0. The first-order valence-corrected chi connectivity index (χ1v) is 4.33. The Bertz CT molecular complexity index is 275. The maximum Gasteiger partial charge on any atom is 0.176 e. The van der Waals surface area contributed by atoms with Crippen LogP contribution < -0.4 is 4.74 Å². The molecule has 0 radical (unpaired) electrons. The number of ether oxygens (including phenoxy) is 1. The van der Waals surface area contributed by atoms with Crippen molar-refractivity contribution in [2.75, 3.05) is 7.11 Å². The second kappa shape index (κ2) is 3.49. The van der Waals surface area contributed by atoms with Crippen LogP contribution in [0.1, 0.15) is 0 Å². The van der Waals surface area contributed by atoms with Gasteiger partial charge in [0.15, 0.2) is 11.5 Å². The van der Waals surface area contributed by atoms with E-state index in [4.69, 9.17) is 16.3 Å². The first kappa shape index (κ1) is 8.93. The summed E-state index contributed by atoms with van der Waals surface area (Å²) >= 11 is 7.76. The molecule has 0 spiro atoms. The normalized spacial score (nSPS) is 9.73. The minimum Gasteiger partial charge on any atom is -0.503 e. The Morgan fingerprint density at radius 2 is 2.18 bits per heavy atom. The molecule has 0 atom stereocenters. The molecule has 0 saturated heterocycles. The van der Waals surface area contributed by atoms with Crippen LogP contribution in [-0.4, -0.2) is 12.2 Å². The zero-order valence-corrected chi connectivity index (χ0v) is 8.68. The standard InChI is InChI=1S/C7H6ClIO2/c1-11-6-3-4(9)2-5(8)7(6)10/h2-3,10H,1H3. The Morgan fingerprint density at radius 1 is 1.55 bits per heavy atom. The Labute approximate surface area is 83.3 Å². The Kier molecular flexibility index (Phi) is 2.84. The van der Waals surface area contributed by atoms with Crippen LogP contribution in [0.2, 0.25) is 5.02 Å². The van der Waals surface area contributed by atoms with Gasteiger partial charge in [0, 0.05) is 3.57 Å². The molecule has 4 heteroatoms. The number of halogens is 2. The zero-order valence-electron chi connectivity index (χ0n) is 5.77. The van der Waals surface area contributed by atoms with Crippen LogP contribution in [0.4, 0.5) is 0 Å². The number of hydrogen-bond acceptors (Lipinski definition) is 2. The van der Waals surface area contributed by atoms with Gasteiger partial charge in [0.25, 0.3) is 0 Å². The molecule has 1 N–H and O–H groups in total. The van der Waals surface area contributed by atoms with Crippen molar-refractivity contribution in [1.82, 2.24) is 0 Å². The molecule has 0 aromatic heterocycles. The third kappa shape index (κ3) is 1.90. The second-order valence-electron chi connectivity index (χ2n) is 1.94. The quantitative estimate of drug-likeness (QED) is 0.804. The average Bonchev–Trinajstić information content (AvgIpc) is 1.96. The molecular formula is C7H6ClIO2. The maximum atomic E-state index is 9.26. The number of hydrogen-bond donors (Lipinski definition) is 1. The molecular weight excluding hydrogens is 278 g/mol. The lowest BCUT2D eigenvalue weighted by Gasteiger charge is -2.04. The van der Waals surface area contributed by atoms with Gasteiger partial charge in [-0.25, -0.2) is 0 Å². The predicted octanol–water partition coefficient (Wildman–Crippen LogP) is 2.66. The summed E-state index contributed by atoms with van der Waals surface area (Å²) in [4.78, 5) is 0. The van der Waals surface area contributed by atoms with Gasteiger partial charge in [0.1, 0.15) is 0 Å². The molecule has 0 bridgehead atoms. The smallest absolute Gasteiger partial charge is 0.176 e. The molecule has 1 aromatic rings. The van der Waals surface area contributed by atoms with Crippen LogP contribution in [0.25, 0.3) is 0 Å². The van der Waals surface area contributed by atoms with Crippen molar-refractivity contribution >= 4 is 34.2 Å². The monoisotopic (exact) mass is 284 g/mol. The summed E-state index contributed by atoms with van der Waals surface area (Å²) in [5, 5.41) is 9.58. The lowest BCUT2D eigenvalue weighted by atomic mass is 10.3. The van der Waals surface area contributed by atoms with Crippen molar-refractivity contribution < 1.29 is 9.84 Å². The lowest BCUT2D eigenvalue weighted by molar-refractivity contribution is 0.373. The Hall–Kier alpha value is -0.160. The molecule has 0 aliphatic heterocycles. The SMILES string of the molecule is COc1cc(I)cc(Cl)c1O. The molecule has 1 aromatic carbocycles. The molecule has 11 heavy (non-hydrogen) atoms. The van der Waals surface area contributed by atoms with Crippen molar-refractivity contribution in [2.45, 2.75) is 0 Å². The van der Waals surface area contributed by atoms with E-state index in [-0.39, 0.29) is 5.75 Å². The maximum absolute atomic E-state index is 9.26. The van der Waals surface area contributed by atoms with Gasteiger partial charge in [-0.2, -0.15) is 0 Å². The Morgan fingerprint density at radius 3 is 2.73 bits per heavy atom. The minimum absolute atomic E-state index is 0.00502. The summed E-state index contributed by atoms with van der Waals surface area (Å²) in [6, 6.07) is 3.38. The minimum atomic E-state index is -0.00502. The van der Waals surface area contributed by atoms with E-state index in [1.807, 2.05) is 0 Å². The number of rotatable bonds is 1. The summed E-state index contributed by atoms with van der Waals surface area (Å²) in [5.41, 5.74) is 0. The van der Waals surface area contributed by atoms with Gasteiger partial charge in [-0.3, -0.25) is 0 Å². The first-order chi connectivity index (χ1) is 5.15. The van der Waals surface area contributed by atoms with Crippen LogP contribution in [0.15, 0.2) is 12.1 Å². The van der Waals surface area contributed by atoms with Crippen molar-refractivity contribution in [3.63, 3.8) is 0 Å². The second-order valence-corrected chi connectivity index (χ2v) is 3.59. The highest BCUT2D eigenvalue weighted by Crippen LogP contribution is 2.35. The number of phenolic OH excluding ortho intramolecular Hbond substituents is 1. The fourth-order valence-corrected chi connectivity index (χ4v) is 1.69. The molecule has 0 amide bonds. The summed E-state index contributed by atoms with van der Waals surface area (Å²) < 4.78 is 5.80. The highest BCUT2D eigenvalue weighted by Gasteiger charge is 2.06. The van der Waals surface area contributed by atoms with E-state index in [0.717, 1.165) is 3.57 Å². The number of benzene rings is 1. The van der Waals surface area contributed by atoms with Gasteiger partial charge in [0.05, 0.1) is 12.1 Å². The van der Waals surface area contributed by atoms with Gasteiger partial charge >= 0.3 is 0 Å². The van der Waals surface area contributed by atoms with E-state index in [2.05, 4.69) is 22.6 Å². The molecule has 1 rings (SSSR count). The predicted molar refractivity (Wildman–Crippen MR) is 52.4 cm³/mol. The zero-order chi connectivity index (χ0) is 8.43. The molecule has 0 aliphatic rings. The third-order valence-electron chi connectivity index (χ3n) is 1.21. The van der Waals surface area contributed by atoms with E-state index in [1.54, 1.807) is 12.1 Å². The van der Waals surface area contributed by atoms with E-state index in [9.17, 15) is 5.11 Å². The molecule has 0 fully saturated rings. The fraction of sp³-hybridized carbons (Fsp3) is 0.143. The van der Waals surface area contributed by atoms with Crippen LogP contribution in [0, 0.1) is 3.57 Å². The topological polar surface area (TPSA) is 29.5 Å². The molecule has 0 unspecified atom stereocenters. The molecule has 0 aliphatic carbocycles. The van der Waals surface area contributed by atoms with Crippen LogP contribution >= 0.6 is 34.2 Å². The largest absolute Gasteiger partial charge is 0.503 e. The lowest BCUT2D eigenvalue weighted by Crippen LogP contribution is -1.84. The highest BCUT2D eigenvalue weighted by atomic mass is 127. The van der Waals surface area contributed by atoms with Crippen molar-refractivity contribution in [3.8, 4) is 11.5 Å². The van der Waals surface area contributed by atoms with E-state index < -0.39 is 0 Å². The van der Waals surface area contributed by atoms with Crippen LogP contribution in [0.3, 0.4) is 0 Å². The van der Waals surface area contributed by atoms with Gasteiger partial charge < -0.3 is 9.84 Å². The summed E-state index contributed by atoms with van der Waals surface area (Å²) in [5.74, 6) is 0.400. The third-order valence-corrected chi connectivity index (χ3v) is 2.12. The van der Waals surface area contributed by atoms with Crippen molar-refractivity contribution in [3.05, 3.63) is 20.7 Å². The first-order valence-electron chi connectivity index (χ1n) is 2.87.